The highest BCUT2D eigenvalue weighted by Crippen LogP contribution is 2.31. The molecule has 1 unspecified atom stereocenters. The molecule has 1 aliphatic heterocycles. The van der Waals surface area contributed by atoms with Crippen molar-refractivity contribution in [2.75, 3.05) is 4.90 Å². The Morgan fingerprint density at radius 2 is 1.96 bits per heavy atom. The number of nitrogens with zero attached hydrogens (tertiary/aromatic N) is 5. The number of fused-ring (bicyclic) bond motifs is 1. The fourth-order valence-electron chi connectivity index (χ4n) is 2.85. The molecule has 8 heteroatoms. The van der Waals surface area contributed by atoms with Gasteiger partial charge in [-0.3, -0.25) is 9.47 Å². The molecule has 0 N–H and O–H groups in total. The van der Waals surface area contributed by atoms with Crippen molar-refractivity contribution in [2.24, 2.45) is 9.98 Å². The number of anilines is 1. The highest BCUT2D eigenvalue weighted by Gasteiger charge is 2.25. The summed E-state index contributed by atoms with van der Waals surface area (Å²) in [4.78, 5) is 14.5. The smallest absolute Gasteiger partial charge is 0.210 e. The number of hydrogen-bond donors (Lipinski definition) is 0. The standard InChI is InChI=1S/C17H12ClF2N5/c1-10-23-15-5-2-11(19)6-16(15)25(10)17-22-8-21-9-24(17)12-3-4-13(18)14(20)7-12/h2-9,17H,1H3. The van der Waals surface area contributed by atoms with E-state index in [1.807, 2.05) is 0 Å². The number of aryl methyl sites for hydroxylation is 1. The molecule has 0 saturated heterocycles. The Morgan fingerprint density at radius 3 is 2.76 bits per heavy atom. The van der Waals surface area contributed by atoms with Gasteiger partial charge in [-0.15, -0.1) is 0 Å². The third kappa shape index (κ3) is 2.66. The predicted octanol–water partition coefficient (Wildman–Crippen LogP) is 4.31. The van der Waals surface area contributed by atoms with E-state index in [1.54, 1.807) is 28.5 Å². The molecule has 0 radical (unpaired) electrons. The first-order valence-corrected chi connectivity index (χ1v) is 7.85. The monoisotopic (exact) mass is 359 g/mol. The summed E-state index contributed by atoms with van der Waals surface area (Å²) in [5, 5.41) is 0.0316. The first-order valence-electron chi connectivity index (χ1n) is 7.47. The van der Waals surface area contributed by atoms with Crippen LogP contribution >= 0.6 is 11.6 Å². The number of rotatable bonds is 2. The molecule has 3 aromatic rings. The van der Waals surface area contributed by atoms with Gasteiger partial charge < -0.3 is 0 Å². The van der Waals surface area contributed by atoms with Gasteiger partial charge in [-0.1, -0.05) is 11.6 Å². The maximum atomic E-state index is 13.9. The Kier molecular flexibility index (Phi) is 3.73. The van der Waals surface area contributed by atoms with Crippen LogP contribution in [0.5, 0.6) is 0 Å². The first kappa shape index (κ1) is 15.7. The lowest BCUT2D eigenvalue weighted by molar-refractivity contribution is 0.540. The molecule has 2 heterocycles. The zero-order chi connectivity index (χ0) is 17.6. The van der Waals surface area contributed by atoms with Crippen molar-refractivity contribution < 1.29 is 8.78 Å². The van der Waals surface area contributed by atoms with E-state index in [9.17, 15) is 8.78 Å². The fourth-order valence-corrected chi connectivity index (χ4v) is 2.96. The van der Waals surface area contributed by atoms with Gasteiger partial charge in [-0.25, -0.2) is 23.7 Å². The van der Waals surface area contributed by atoms with Crippen LogP contribution in [0, 0.1) is 18.6 Å². The van der Waals surface area contributed by atoms with Crippen molar-refractivity contribution in [3.8, 4) is 0 Å². The Balaban J connectivity index is 1.87. The van der Waals surface area contributed by atoms with Crippen LogP contribution in [0.25, 0.3) is 11.0 Å². The number of hydrogen-bond acceptors (Lipinski definition) is 4. The minimum atomic E-state index is -0.607. The number of aliphatic imine (C=N–C) groups is 2. The second-order valence-electron chi connectivity index (χ2n) is 5.54. The van der Waals surface area contributed by atoms with E-state index in [0.717, 1.165) is 0 Å². The molecule has 0 bridgehead atoms. The minimum absolute atomic E-state index is 0.0316. The molecule has 5 nitrogen and oxygen atoms in total. The van der Waals surface area contributed by atoms with Crippen molar-refractivity contribution in [3.05, 3.63) is 58.9 Å². The van der Waals surface area contributed by atoms with Crippen molar-refractivity contribution in [1.29, 1.82) is 0 Å². The molecule has 0 saturated carbocycles. The van der Waals surface area contributed by atoms with Crippen LogP contribution in [0.2, 0.25) is 5.02 Å². The van der Waals surface area contributed by atoms with Gasteiger partial charge in [0.2, 0.25) is 6.29 Å². The summed E-state index contributed by atoms with van der Waals surface area (Å²) in [6, 6.07) is 8.81. The molecular weight excluding hydrogens is 348 g/mol. The van der Waals surface area contributed by atoms with Crippen molar-refractivity contribution in [3.63, 3.8) is 0 Å². The van der Waals surface area contributed by atoms with Gasteiger partial charge in [0, 0.05) is 5.69 Å². The molecule has 0 fully saturated rings. The van der Waals surface area contributed by atoms with Crippen LogP contribution in [0.4, 0.5) is 14.5 Å². The second-order valence-corrected chi connectivity index (χ2v) is 5.95. The SMILES string of the molecule is Cc1nc2ccc(F)cc2n1C1N=CN=CN1c1ccc(Cl)c(F)c1. The van der Waals surface area contributed by atoms with Gasteiger partial charge in [0.25, 0.3) is 0 Å². The lowest BCUT2D eigenvalue weighted by Crippen LogP contribution is -2.33. The highest BCUT2D eigenvalue weighted by molar-refractivity contribution is 6.30. The molecule has 4 rings (SSSR count). The average molecular weight is 360 g/mol. The van der Waals surface area contributed by atoms with Crippen LogP contribution in [-0.2, 0) is 0 Å². The number of benzene rings is 2. The highest BCUT2D eigenvalue weighted by atomic mass is 35.5. The van der Waals surface area contributed by atoms with Gasteiger partial charge in [-0.2, -0.15) is 0 Å². The zero-order valence-corrected chi connectivity index (χ0v) is 13.8. The summed E-state index contributed by atoms with van der Waals surface area (Å²) in [6.07, 6.45) is 2.33. The molecule has 25 heavy (non-hydrogen) atoms. The van der Waals surface area contributed by atoms with Gasteiger partial charge in [0.15, 0.2) is 0 Å². The largest absolute Gasteiger partial charge is 0.292 e. The normalized spacial score (nSPS) is 16.8. The number of imidazole rings is 1. The third-order valence-corrected chi connectivity index (χ3v) is 4.27. The summed E-state index contributed by atoms with van der Waals surface area (Å²) >= 11 is 5.76. The predicted molar refractivity (Wildman–Crippen MR) is 94.3 cm³/mol. The van der Waals surface area contributed by atoms with Crippen LogP contribution in [0.3, 0.4) is 0 Å². The quantitative estimate of drug-likeness (QED) is 0.684. The zero-order valence-electron chi connectivity index (χ0n) is 13.1. The lowest BCUT2D eigenvalue weighted by atomic mass is 10.2. The first-order chi connectivity index (χ1) is 12.0. The Labute approximate surface area is 146 Å². The Bertz CT molecular complexity index is 1030. The lowest BCUT2D eigenvalue weighted by Gasteiger charge is -2.30. The average Bonchev–Trinajstić information content (AvgIpc) is 2.92. The second kappa shape index (κ2) is 5.93. The summed E-state index contributed by atoms with van der Waals surface area (Å²) < 4.78 is 29.4. The van der Waals surface area contributed by atoms with E-state index >= 15 is 0 Å². The molecular formula is C17H12ClF2N5. The molecule has 1 aliphatic rings. The van der Waals surface area contributed by atoms with Gasteiger partial charge >= 0.3 is 0 Å². The van der Waals surface area contributed by atoms with E-state index in [0.29, 0.717) is 22.5 Å². The van der Waals surface area contributed by atoms with Gasteiger partial charge in [0.1, 0.15) is 23.8 Å². The van der Waals surface area contributed by atoms with Gasteiger partial charge in [0.05, 0.1) is 22.4 Å². The van der Waals surface area contributed by atoms with Crippen molar-refractivity contribution >= 4 is 41.0 Å². The van der Waals surface area contributed by atoms with Gasteiger partial charge in [-0.05, 0) is 43.3 Å². The summed E-state index contributed by atoms with van der Waals surface area (Å²) in [6.45, 7) is 1.81. The maximum absolute atomic E-state index is 13.9. The third-order valence-electron chi connectivity index (χ3n) is 3.97. The summed E-state index contributed by atoms with van der Waals surface area (Å²) in [5.74, 6) is -0.261. The molecule has 2 aromatic carbocycles. The van der Waals surface area contributed by atoms with Crippen LogP contribution in [-0.4, -0.2) is 22.2 Å². The van der Waals surface area contributed by atoms with Crippen molar-refractivity contribution in [2.45, 2.75) is 13.2 Å². The Morgan fingerprint density at radius 1 is 1.12 bits per heavy atom. The molecule has 1 aromatic heterocycles. The number of aromatic nitrogens is 2. The van der Waals surface area contributed by atoms with E-state index in [4.69, 9.17) is 11.6 Å². The molecule has 1 atom stereocenters. The van der Waals surface area contributed by atoms with E-state index in [-0.39, 0.29) is 10.8 Å². The summed E-state index contributed by atoms with van der Waals surface area (Å²) in [7, 11) is 0. The Hall–Kier alpha value is -2.80. The van der Waals surface area contributed by atoms with E-state index in [2.05, 4.69) is 15.0 Å². The molecule has 0 aliphatic carbocycles. The van der Waals surface area contributed by atoms with Crippen LogP contribution in [0.1, 0.15) is 12.1 Å². The molecule has 0 spiro atoms. The van der Waals surface area contributed by atoms with Crippen molar-refractivity contribution in [1.82, 2.24) is 9.55 Å². The van der Waals surface area contributed by atoms with Crippen LogP contribution < -0.4 is 4.90 Å². The number of halogens is 3. The fraction of sp³-hybridized carbons (Fsp3) is 0.118. The molecule has 126 valence electrons. The molecule has 0 amide bonds. The topological polar surface area (TPSA) is 45.8 Å². The minimum Gasteiger partial charge on any atom is -0.292 e. The van der Waals surface area contributed by atoms with Crippen LogP contribution in [0.15, 0.2) is 46.4 Å². The summed E-state index contributed by atoms with van der Waals surface area (Å²) in [5.41, 5.74) is 1.76. The maximum Gasteiger partial charge on any atom is 0.210 e. The van der Waals surface area contributed by atoms with E-state index in [1.165, 1.54) is 36.9 Å². The van der Waals surface area contributed by atoms with E-state index < -0.39 is 12.1 Å².